The quantitative estimate of drug-likeness (QED) is 0.767. The van der Waals surface area contributed by atoms with Crippen molar-refractivity contribution >= 4 is 17.4 Å². The zero-order chi connectivity index (χ0) is 12.5. The molecule has 1 aliphatic heterocycles. The molecule has 0 spiro atoms. The highest BCUT2D eigenvalue weighted by molar-refractivity contribution is 6.01. The van der Waals surface area contributed by atoms with E-state index in [1.54, 1.807) is 17.3 Å². The van der Waals surface area contributed by atoms with Crippen molar-refractivity contribution in [2.45, 2.75) is 19.8 Å². The third kappa shape index (κ3) is 1.76. The van der Waals surface area contributed by atoms with Gasteiger partial charge in [-0.1, -0.05) is 6.07 Å². The molecule has 2 aromatic heterocycles. The van der Waals surface area contributed by atoms with Crippen LogP contribution in [0.25, 0.3) is 0 Å². The van der Waals surface area contributed by atoms with Crippen LogP contribution in [0.4, 0.5) is 11.5 Å². The van der Waals surface area contributed by atoms with Crippen LogP contribution in [0.2, 0.25) is 0 Å². The highest BCUT2D eigenvalue weighted by Gasteiger charge is 2.26. The standard InChI is InChI=1S/C14H13N3O/c1-10-4-6-12(9-16-10)17-13(18)7-5-11-3-2-8-15-14(11)17/h2-4,6,8-9H,5,7H2,1H3. The van der Waals surface area contributed by atoms with Crippen LogP contribution < -0.4 is 4.90 Å². The van der Waals surface area contributed by atoms with Crippen molar-refractivity contribution in [2.75, 3.05) is 4.90 Å². The number of hydrogen-bond donors (Lipinski definition) is 0. The first-order chi connectivity index (χ1) is 8.75. The Morgan fingerprint density at radius 1 is 1.17 bits per heavy atom. The van der Waals surface area contributed by atoms with E-state index >= 15 is 0 Å². The second-order valence-electron chi connectivity index (χ2n) is 4.37. The molecule has 0 saturated carbocycles. The van der Waals surface area contributed by atoms with Gasteiger partial charge in [0.1, 0.15) is 5.82 Å². The molecule has 18 heavy (non-hydrogen) atoms. The second kappa shape index (κ2) is 4.22. The molecule has 0 unspecified atom stereocenters. The number of carbonyl (C=O) groups is 1. The minimum atomic E-state index is 0.0758. The molecule has 0 aromatic carbocycles. The monoisotopic (exact) mass is 239 g/mol. The number of pyridine rings is 2. The van der Waals surface area contributed by atoms with Crippen molar-refractivity contribution in [1.29, 1.82) is 0 Å². The van der Waals surface area contributed by atoms with Gasteiger partial charge >= 0.3 is 0 Å². The van der Waals surface area contributed by atoms with E-state index in [-0.39, 0.29) is 5.91 Å². The van der Waals surface area contributed by atoms with Gasteiger partial charge in [0.25, 0.3) is 0 Å². The van der Waals surface area contributed by atoms with Gasteiger partial charge in [0.15, 0.2) is 0 Å². The lowest BCUT2D eigenvalue weighted by Crippen LogP contribution is -2.31. The Morgan fingerprint density at radius 3 is 2.83 bits per heavy atom. The predicted molar refractivity (Wildman–Crippen MR) is 68.7 cm³/mol. The van der Waals surface area contributed by atoms with Crippen LogP contribution in [0.1, 0.15) is 17.7 Å². The Labute approximate surface area is 105 Å². The lowest BCUT2D eigenvalue weighted by atomic mass is 10.0. The minimum Gasteiger partial charge on any atom is -0.274 e. The van der Waals surface area contributed by atoms with Crippen molar-refractivity contribution in [3.63, 3.8) is 0 Å². The van der Waals surface area contributed by atoms with Gasteiger partial charge in [-0.25, -0.2) is 4.98 Å². The summed E-state index contributed by atoms with van der Waals surface area (Å²) in [6.07, 6.45) is 4.72. The molecule has 0 aliphatic carbocycles. The lowest BCUT2D eigenvalue weighted by Gasteiger charge is -2.27. The zero-order valence-electron chi connectivity index (χ0n) is 10.1. The van der Waals surface area contributed by atoms with Crippen molar-refractivity contribution in [1.82, 2.24) is 9.97 Å². The lowest BCUT2D eigenvalue weighted by molar-refractivity contribution is -0.118. The van der Waals surface area contributed by atoms with Crippen LogP contribution >= 0.6 is 0 Å². The molecule has 0 N–H and O–H groups in total. The number of hydrogen-bond acceptors (Lipinski definition) is 3. The summed E-state index contributed by atoms with van der Waals surface area (Å²) in [5.41, 5.74) is 2.83. The van der Waals surface area contributed by atoms with E-state index in [1.165, 1.54) is 0 Å². The van der Waals surface area contributed by atoms with Crippen LogP contribution in [0.15, 0.2) is 36.7 Å². The van der Waals surface area contributed by atoms with Crippen LogP contribution in [0.3, 0.4) is 0 Å². The molecule has 0 bridgehead atoms. The number of rotatable bonds is 1. The summed E-state index contributed by atoms with van der Waals surface area (Å²) in [7, 11) is 0. The first kappa shape index (κ1) is 10.9. The molecule has 1 aliphatic rings. The molecule has 4 heteroatoms. The molecule has 90 valence electrons. The Bertz CT molecular complexity index is 592. The molecule has 2 aromatic rings. The summed E-state index contributed by atoms with van der Waals surface area (Å²) >= 11 is 0. The van der Waals surface area contributed by atoms with Crippen molar-refractivity contribution in [3.8, 4) is 0 Å². The van der Waals surface area contributed by atoms with Crippen molar-refractivity contribution in [2.24, 2.45) is 0 Å². The maximum Gasteiger partial charge on any atom is 0.233 e. The third-order valence-electron chi connectivity index (χ3n) is 3.09. The highest BCUT2D eigenvalue weighted by Crippen LogP contribution is 2.31. The number of carbonyl (C=O) groups excluding carboxylic acids is 1. The van der Waals surface area contributed by atoms with Crippen molar-refractivity contribution in [3.05, 3.63) is 47.9 Å². The average Bonchev–Trinajstić information content (AvgIpc) is 2.40. The predicted octanol–water partition coefficient (Wildman–Crippen LogP) is 2.40. The molecule has 3 heterocycles. The van der Waals surface area contributed by atoms with Crippen molar-refractivity contribution < 1.29 is 4.79 Å². The van der Waals surface area contributed by atoms with Gasteiger partial charge in [-0.15, -0.1) is 0 Å². The minimum absolute atomic E-state index is 0.0758. The van der Waals surface area contributed by atoms with Crippen LogP contribution in [-0.2, 0) is 11.2 Å². The number of aromatic nitrogens is 2. The Balaban J connectivity index is 2.10. The Kier molecular flexibility index (Phi) is 2.55. The van der Waals surface area contributed by atoms with Gasteiger partial charge in [-0.2, -0.15) is 0 Å². The largest absolute Gasteiger partial charge is 0.274 e. The first-order valence-electron chi connectivity index (χ1n) is 5.95. The van der Waals surface area contributed by atoms with Gasteiger partial charge in [-0.3, -0.25) is 14.7 Å². The topological polar surface area (TPSA) is 46.1 Å². The highest BCUT2D eigenvalue weighted by atomic mass is 16.2. The summed E-state index contributed by atoms with van der Waals surface area (Å²) in [5.74, 6) is 0.811. The Morgan fingerprint density at radius 2 is 2.06 bits per heavy atom. The second-order valence-corrected chi connectivity index (χ2v) is 4.37. The van der Waals surface area contributed by atoms with Gasteiger partial charge in [0.2, 0.25) is 5.91 Å². The molecular formula is C14H13N3O. The number of nitrogens with zero attached hydrogens (tertiary/aromatic N) is 3. The summed E-state index contributed by atoms with van der Waals surface area (Å²) in [6.45, 7) is 1.92. The van der Waals surface area contributed by atoms with Gasteiger partial charge < -0.3 is 0 Å². The fourth-order valence-corrected chi connectivity index (χ4v) is 2.16. The molecule has 0 fully saturated rings. The van der Waals surface area contributed by atoms with Crippen LogP contribution in [0, 0.1) is 6.92 Å². The van der Waals surface area contributed by atoms with Gasteiger partial charge in [0.05, 0.1) is 11.9 Å². The first-order valence-corrected chi connectivity index (χ1v) is 5.95. The average molecular weight is 239 g/mol. The molecule has 1 amide bonds. The molecule has 4 nitrogen and oxygen atoms in total. The van der Waals surface area contributed by atoms with Gasteiger partial charge in [-0.05, 0) is 37.1 Å². The fourth-order valence-electron chi connectivity index (χ4n) is 2.16. The number of aryl methyl sites for hydroxylation is 2. The molecule has 0 radical (unpaired) electrons. The molecule has 0 saturated heterocycles. The van der Waals surface area contributed by atoms with E-state index in [4.69, 9.17) is 0 Å². The smallest absolute Gasteiger partial charge is 0.233 e. The van der Waals surface area contributed by atoms with Crippen LogP contribution in [0.5, 0.6) is 0 Å². The van der Waals surface area contributed by atoms with Gasteiger partial charge in [0, 0.05) is 18.3 Å². The van der Waals surface area contributed by atoms with Crippen LogP contribution in [-0.4, -0.2) is 15.9 Å². The van der Waals surface area contributed by atoms with E-state index in [0.717, 1.165) is 29.2 Å². The maximum atomic E-state index is 12.1. The van der Waals surface area contributed by atoms with E-state index in [1.807, 2.05) is 31.2 Å². The normalized spacial score (nSPS) is 14.5. The summed E-state index contributed by atoms with van der Waals surface area (Å²) in [6, 6.07) is 7.73. The molecule has 0 atom stereocenters. The molecular weight excluding hydrogens is 226 g/mol. The van der Waals surface area contributed by atoms with E-state index in [9.17, 15) is 4.79 Å². The summed E-state index contributed by atoms with van der Waals surface area (Å²) in [4.78, 5) is 22.3. The maximum absolute atomic E-state index is 12.1. The van der Waals surface area contributed by atoms with E-state index < -0.39 is 0 Å². The number of anilines is 2. The Hall–Kier alpha value is -2.23. The number of amides is 1. The molecule has 3 rings (SSSR count). The third-order valence-corrected chi connectivity index (χ3v) is 3.09. The summed E-state index contributed by atoms with van der Waals surface area (Å²) in [5, 5.41) is 0. The SMILES string of the molecule is Cc1ccc(N2C(=O)CCc3cccnc32)cn1. The fraction of sp³-hybridized carbons (Fsp3) is 0.214. The van der Waals surface area contributed by atoms with E-state index in [2.05, 4.69) is 9.97 Å². The zero-order valence-corrected chi connectivity index (χ0v) is 10.1. The summed E-state index contributed by atoms with van der Waals surface area (Å²) < 4.78 is 0. The van der Waals surface area contributed by atoms with E-state index in [0.29, 0.717) is 6.42 Å². The number of fused-ring (bicyclic) bond motifs is 1.